The minimum absolute atomic E-state index is 0.304. The largest absolute Gasteiger partial charge is 0.338 e. The number of hydrogen-bond acceptors (Lipinski definition) is 4. The second-order valence-electron chi connectivity index (χ2n) is 2.83. The Morgan fingerprint density at radius 2 is 2.31 bits per heavy atom. The summed E-state index contributed by atoms with van der Waals surface area (Å²) in [6, 6.07) is 2.26. The Morgan fingerprint density at radius 3 is 2.77 bits per heavy atom. The molecule has 0 spiro atoms. The van der Waals surface area contributed by atoms with Crippen molar-refractivity contribution in [1.29, 1.82) is 5.26 Å². The first-order valence-electron chi connectivity index (χ1n) is 4.35. The van der Waals surface area contributed by atoms with Gasteiger partial charge in [-0.05, 0) is 20.4 Å². The minimum atomic E-state index is -1.52. The standard InChI is InChI=1S/C8H17N2O2P/c1-4-8(2)10(3)13(11)12-7-5-6-9/h8,11H,4-5,7H2,1-3H3. The van der Waals surface area contributed by atoms with Crippen molar-refractivity contribution in [2.45, 2.75) is 32.7 Å². The molecule has 4 nitrogen and oxygen atoms in total. The van der Waals surface area contributed by atoms with E-state index in [4.69, 9.17) is 9.79 Å². The van der Waals surface area contributed by atoms with Gasteiger partial charge in [-0.3, -0.25) is 0 Å². The molecule has 76 valence electrons. The van der Waals surface area contributed by atoms with Gasteiger partial charge in [0.2, 0.25) is 0 Å². The van der Waals surface area contributed by atoms with Crippen molar-refractivity contribution in [2.75, 3.05) is 13.7 Å². The normalized spacial score (nSPS) is 15.4. The van der Waals surface area contributed by atoms with E-state index in [9.17, 15) is 4.89 Å². The third-order valence-electron chi connectivity index (χ3n) is 1.92. The van der Waals surface area contributed by atoms with Gasteiger partial charge in [0.15, 0.2) is 0 Å². The third-order valence-corrected chi connectivity index (χ3v) is 3.27. The van der Waals surface area contributed by atoms with Crippen LogP contribution in [0.25, 0.3) is 0 Å². The summed E-state index contributed by atoms with van der Waals surface area (Å²) in [5, 5.41) is 8.26. The Balaban J connectivity index is 3.69. The highest BCUT2D eigenvalue weighted by Crippen LogP contribution is 2.37. The fourth-order valence-electron chi connectivity index (χ4n) is 0.697. The van der Waals surface area contributed by atoms with E-state index in [1.807, 2.05) is 20.0 Å². The molecule has 0 radical (unpaired) electrons. The van der Waals surface area contributed by atoms with E-state index in [1.54, 1.807) is 4.67 Å². The summed E-state index contributed by atoms with van der Waals surface area (Å²) in [5.41, 5.74) is 0. The number of hydrogen-bond donors (Lipinski definition) is 1. The number of nitrogens with zero attached hydrogens (tertiary/aromatic N) is 2. The fraction of sp³-hybridized carbons (Fsp3) is 0.875. The summed E-state index contributed by atoms with van der Waals surface area (Å²) in [4.78, 5) is 9.50. The molecule has 0 aromatic heterocycles. The minimum Gasteiger partial charge on any atom is -0.338 e. The van der Waals surface area contributed by atoms with Crippen LogP contribution in [0.2, 0.25) is 0 Å². The lowest BCUT2D eigenvalue weighted by molar-refractivity contribution is 0.251. The van der Waals surface area contributed by atoms with Gasteiger partial charge in [0, 0.05) is 6.04 Å². The molecular formula is C8H17N2O2P. The van der Waals surface area contributed by atoms with Crippen molar-refractivity contribution >= 4 is 8.53 Å². The SMILES string of the molecule is CCC(C)N(C)P(O)OCCC#N. The Kier molecular flexibility index (Phi) is 7.12. The molecule has 0 bridgehead atoms. The third kappa shape index (κ3) is 5.17. The first-order valence-corrected chi connectivity index (χ1v) is 5.51. The quantitative estimate of drug-likeness (QED) is 0.530. The van der Waals surface area contributed by atoms with Gasteiger partial charge in [-0.2, -0.15) is 5.26 Å². The van der Waals surface area contributed by atoms with E-state index >= 15 is 0 Å². The molecule has 5 heteroatoms. The topological polar surface area (TPSA) is 56.5 Å². The van der Waals surface area contributed by atoms with Crippen molar-refractivity contribution in [3.63, 3.8) is 0 Å². The molecule has 0 aromatic carbocycles. The first-order chi connectivity index (χ1) is 6.13. The van der Waals surface area contributed by atoms with Crippen molar-refractivity contribution in [1.82, 2.24) is 4.67 Å². The van der Waals surface area contributed by atoms with E-state index in [0.717, 1.165) is 6.42 Å². The van der Waals surface area contributed by atoms with E-state index in [1.165, 1.54) is 0 Å². The summed E-state index contributed by atoms with van der Waals surface area (Å²) in [5.74, 6) is 0. The van der Waals surface area contributed by atoms with Crippen LogP contribution >= 0.6 is 8.53 Å². The van der Waals surface area contributed by atoms with Gasteiger partial charge in [0.05, 0.1) is 19.1 Å². The van der Waals surface area contributed by atoms with Crippen molar-refractivity contribution in [2.24, 2.45) is 0 Å². The maximum Gasteiger partial charge on any atom is 0.255 e. The summed E-state index contributed by atoms with van der Waals surface area (Å²) < 4.78 is 6.89. The Bertz CT molecular complexity index is 172. The van der Waals surface area contributed by atoms with Crippen molar-refractivity contribution < 1.29 is 9.42 Å². The average Bonchev–Trinajstić information content (AvgIpc) is 2.15. The van der Waals surface area contributed by atoms with Gasteiger partial charge < -0.3 is 9.42 Å². The molecule has 2 unspecified atom stereocenters. The number of nitriles is 1. The predicted molar refractivity (Wildman–Crippen MR) is 52.8 cm³/mol. The van der Waals surface area contributed by atoms with Gasteiger partial charge in [-0.15, -0.1) is 0 Å². The van der Waals surface area contributed by atoms with Crippen LogP contribution in [0.1, 0.15) is 26.7 Å². The lowest BCUT2D eigenvalue weighted by Crippen LogP contribution is -2.24. The second kappa shape index (κ2) is 7.23. The van der Waals surface area contributed by atoms with Gasteiger partial charge >= 0.3 is 0 Å². The molecule has 0 aliphatic carbocycles. The lowest BCUT2D eigenvalue weighted by Gasteiger charge is -2.26. The van der Waals surface area contributed by atoms with Gasteiger partial charge in [0.1, 0.15) is 0 Å². The second-order valence-corrected chi connectivity index (χ2v) is 4.22. The predicted octanol–water partition coefficient (Wildman–Crippen LogP) is 1.87. The summed E-state index contributed by atoms with van der Waals surface area (Å²) in [6.45, 7) is 4.39. The van der Waals surface area contributed by atoms with Crippen LogP contribution in [0.4, 0.5) is 0 Å². The zero-order valence-corrected chi connectivity index (χ0v) is 9.29. The molecule has 0 saturated carbocycles. The highest BCUT2D eigenvalue weighted by molar-refractivity contribution is 7.43. The summed E-state index contributed by atoms with van der Waals surface area (Å²) in [6.07, 6.45) is 1.30. The fourth-order valence-corrected chi connectivity index (χ4v) is 1.63. The zero-order valence-electron chi connectivity index (χ0n) is 8.40. The van der Waals surface area contributed by atoms with E-state index < -0.39 is 8.53 Å². The summed E-state index contributed by atoms with van der Waals surface area (Å²) >= 11 is 0. The molecule has 0 heterocycles. The van der Waals surface area contributed by atoms with Crippen molar-refractivity contribution in [3.8, 4) is 6.07 Å². The van der Waals surface area contributed by atoms with Gasteiger partial charge in [-0.1, -0.05) is 6.92 Å². The maximum absolute atomic E-state index is 9.50. The Morgan fingerprint density at radius 1 is 1.69 bits per heavy atom. The smallest absolute Gasteiger partial charge is 0.255 e. The number of rotatable bonds is 6. The average molecular weight is 204 g/mol. The van der Waals surface area contributed by atoms with Gasteiger partial charge in [-0.25, -0.2) is 4.67 Å². The Labute approximate surface area is 81.1 Å². The molecular weight excluding hydrogens is 187 g/mol. The molecule has 0 aliphatic heterocycles. The molecule has 0 rings (SSSR count). The van der Waals surface area contributed by atoms with Crippen LogP contribution in [0.3, 0.4) is 0 Å². The first kappa shape index (κ1) is 12.8. The Hall–Kier alpha value is -0.200. The van der Waals surface area contributed by atoms with Gasteiger partial charge in [0.25, 0.3) is 8.53 Å². The van der Waals surface area contributed by atoms with E-state index in [0.29, 0.717) is 19.1 Å². The molecule has 0 fully saturated rings. The molecule has 0 aliphatic rings. The highest BCUT2D eigenvalue weighted by Gasteiger charge is 2.17. The monoisotopic (exact) mass is 204 g/mol. The molecule has 13 heavy (non-hydrogen) atoms. The van der Waals surface area contributed by atoms with Crippen LogP contribution in [0.15, 0.2) is 0 Å². The van der Waals surface area contributed by atoms with Crippen LogP contribution in [-0.4, -0.2) is 29.3 Å². The molecule has 0 saturated heterocycles. The van der Waals surface area contributed by atoms with Crippen LogP contribution in [-0.2, 0) is 4.52 Å². The van der Waals surface area contributed by atoms with Crippen LogP contribution < -0.4 is 0 Å². The van der Waals surface area contributed by atoms with Crippen LogP contribution in [0.5, 0.6) is 0 Å². The highest BCUT2D eigenvalue weighted by atomic mass is 31.2. The molecule has 0 amide bonds. The summed E-state index contributed by atoms with van der Waals surface area (Å²) in [7, 11) is 0.309. The molecule has 1 N–H and O–H groups in total. The maximum atomic E-state index is 9.50. The molecule has 2 atom stereocenters. The van der Waals surface area contributed by atoms with Crippen LogP contribution in [0, 0.1) is 11.3 Å². The lowest BCUT2D eigenvalue weighted by atomic mass is 10.3. The van der Waals surface area contributed by atoms with Crippen molar-refractivity contribution in [3.05, 3.63) is 0 Å². The zero-order chi connectivity index (χ0) is 10.3. The molecule has 0 aromatic rings. The van der Waals surface area contributed by atoms with E-state index in [-0.39, 0.29) is 0 Å². The van der Waals surface area contributed by atoms with E-state index in [2.05, 4.69) is 6.92 Å².